The summed E-state index contributed by atoms with van der Waals surface area (Å²) in [5.74, 6) is -1.67. The Bertz CT molecular complexity index is 702. The highest BCUT2D eigenvalue weighted by molar-refractivity contribution is 5.96. The standard InChI is InChI=1S/C18H22F4N2O4/c1-24-11(9-15(25)27-2)7-8-12(24)10-23-16(26)13-5-3-4-6-14(13)28-18(21,22)17(19)20/h3-6,11-12,17H,7-10H2,1-2H3,(H,23,26)/t11-,12+/m1/s1. The first-order chi connectivity index (χ1) is 13.2. The number of nitrogens with zero attached hydrogens (tertiary/aromatic N) is 1. The first-order valence-electron chi connectivity index (χ1n) is 8.66. The van der Waals surface area contributed by atoms with Crippen molar-refractivity contribution in [3.63, 3.8) is 0 Å². The minimum Gasteiger partial charge on any atom is -0.469 e. The molecule has 1 aliphatic heterocycles. The minimum atomic E-state index is -4.71. The maximum atomic E-state index is 13.2. The molecule has 0 unspecified atom stereocenters. The maximum absolute atomic E-state index is 13.2. The molecule has 1 aromatic rings. The number of benzene rings is 1. The van der Waals surface area contributed by atoms with Gasteiger partial charge in [0.15, 0.2) is 0 Å². The molecule has 1 amide bonds. The number of ether oxygens (including phenoxy) is 2. The van der Waals surface area contributed by atoms with Gasteiger partial charge in [0.1, 0.15) is 5.75 Å². The van der Waals surface area contributed by atoms with Crippen LogP contribution in [0.2, 0.25) is 0 Å². The number of likely N-dealkylation sites (tertiary alicyclic amines) is 1. The zero-order valence-corrected chi connectivity index (χ0v) is 15.5. The van der Waals surface area contributed by atoms with E-state index in [1.54, 1.807) is 0 Å². The van der Waals surface area contributed by atoms with Crippen molar-refractivity contribution in [2.45, 2.75) is 43.9 Å². The lowest BCUT2D eigenvalue weighted by Crippen LogP contribution is -2.42. The smallest absolute Gasteiger partial charge is 0.461 e. The normalized spacial score (nSPS) is 20.2. The molecule has 1 heterocycles. The van der Waals surface area contributed by atoms with Gasteiger partial charge in [-0.25, -0.2) is 0 Å². The average molecular weight is 406 g/mol. The quantitative estimate of drug-likeness (QED) is 0.531. The first kappa shape index (κ1) is 21.9. The third-order valence-electron chi connectivity index (χ3n) is 4.75. The van der Waals surface area contributed by atoms with Gasteiger partial charge in [0.2, 0.25) is 0 Å². The molecule has 2 atom stereocenters. The molecular weight excluding hydrogens is 384 g/mol. The predicted molar refractivity (Wildman–Crippen MR) is 91.6 cm³/mol. The van der Waals surface area contributed by atoms with Crippen molar-refractivity contribution >= 4 is 11.9 Å². The number of likely N-dealkylation sites (N-methyl/N-ethyl adjacent to an activating group) is 1. The summed E-state index contributed by atoms with van der Waals surface area (Å²) in [4.78, 5) is 25.7. The van der Waals surface area contributed by atoms with Gasteiger partial charge in [0, 0.05) is 18.6 Å². The van der Waals surface area contributed by atoms with Crippen LogP contribution in [0.25, 0.3) is 0 Å². The van der Waals surface area contributed by atoms with Gasteiger partial charge < -0.3 is 14.8 Å². The van der Waals surface area contributed by atoms with Crippen molar-refractivity contribution in [1.29, 1.82) is 0 Å². The van der Waals surface area contributed by atoms with Crippen LogP contribution in [0.4, 0.5) is 17.6 Å². The van der Waals surface area contributed by atoms with E-state index in [9.17, 15) is 27.2 Å². The summed E-state index contributed by atoms with van der Waals surface area (Å²) >= 11 is 0. The Balaban J connectivity index is 1.98. The van der Waals surface area contributed by atoms with Crippen LogP contribution in [-0.4, -0.2) is 62.1 Å². The summed E-state index contributed by atoms with van der Waals surface area (Å²) < 4.78 is 59.8. The Morgan fingerprint density at radius 3 is 2.54 bits per heavy atom. The number of hydrogen-bond acceptors (Lipinski definition) is 5. The number of carbonyl (C=O) groups is 2. The molecule has 156 valence electrons. The predicted octanol–water partition coefficient (Wildman–Crippen LogP) is 2.68. The molecule has 0 aliphatic carbocycles. The largest absolute Gasteiger partial charge is 0.469 e. The van der Waals surface area contributed by atoms with Gasteiger partial charge >= 0.3 is 18.5 Å². The van der Waals surface area contributed by atoms with E-state index in [4.69, 9.17) is 0 Å². The van der Waals surface area contributed by atoms with E-state index in [0.29, 0.717) is 0 Å². The van der Waals surface area contributed by atoms with E-state index in [0.717, 1.165) is 18.9 Å². The van der Waals surface area contributed by atoms with Gasteiger partial charge in [-0.1, -0.05) is 12.1 Å². The highest BCUT2D eigenvalue weighted by Crippen LogP contribution is 2.30. The highest BCUT2D eigenvalue weighted by atomic mass is 19.3. The Kier molecular flexibility index (Phi) is 7.22. The number of esters is 1. The van der Waals surface area contributed by atoms with Crippen LogP contribution in [-0.2, 0) is 9.53 Å². The van der Waals surface area contributed by atoms with Crippen LogP contribution in [0.1, 0.15) is 29.6 Å². The van der Waals surface area contributed by atoms with Gasteiger partial charge in [-0.15, -0.1) is 0 Å². The Morgan fingerprint density at radius 1 is 1.25 bits per heavy atom. The SMILES string of the molecule is COC(=O)C[C@H]1CC[C@@H](CNC(=O)c2ccccc2OC(F)(F)C(F)F)N1C. The van der Waals surface area contributed by atoms with Crippen molar-refractivity contribution in [1.82, 2.24) is 10.2 Å². The van der Waals surface area contributed by atoms with E-state index in [1.807, 2.05) is 11.9 Å². The van der Waals surface area contributed by atoms with Crippen molar-refractivity contribution in [3.05, 3.63) is 29.8 Å². The molecule has 1 aliphatic rings. The third kappa shape index (κ3) is 5.34. The zero-order valence-electron chi connectivity index (χ0n) is 15.5. The molecule has 1 fully saturated rings. The fourth-order valence-electron chi connectivity index (χ4n) is 3.10. The van der Waals surface area contributed by atoms with Crippen LogP contribution in [0, 0.1) is 0 Å². The number of alkyl halides is 4. The molecule has 0 radical (unpaired) electrons. The molecule has 0 aromatic heterocycles. The Morgan fingerprint density at radius 2 is 1.89 bits per heavy atom. The number of nitrogens with one attached hydrogen (secondary N) is 1. The number of carbonyl (C=O) groups excluding carboxylic acids is 2. The summed E-state index contributed by atoms with van der Waals surface area (Å²) in [6.07, 6.45) is -7.03. The molecule has 1 aromatic carbocycles. The van der Waals surface area contributed by atoms with Crippen LogP contribution in [0.15, 0.2) is 24.3 Å². The molecule has 10 heteroatoms. The van der Waals surface area contributed by atoms with E-state index in [1.165, 1.54) is 25.3 Å². The second-order valence-corrected chi connectivity index (χ2v) is 6.50. The lowest BCUT2D eigenvalue weighted by Gasteiger charge is -2.25. The van der Waals surface area contributed by atoms with Crippen molar-refractivity contribution in [2.24, 2.45) is 0 Å². The second-order valence-electron chi connectivity index (χ2n) is 6.50. The molecule has 28 heavy (non-hydrogen) atoms. The van der Waals surface area contributed by atoms with Crippen LogP contribution in [0.3, 0.4) is 0 Å². The van der Waals surface area contributed by atoms with Crippen LogP contribution >= 0.6 is 0 Å². The van der Waals surface area contributed by atoms with E-state index in [-0.39, 0.29) is 36.6 Å². The molecule has 0 saturated carbocycles. The van der Waals surface area contributed by atoms with Gasteiger partial charge in [-0.05, 0) is 32.0 Å². The second kappa shape index (κ2) is 9.22. The lowest BCUT2D eigenvalue weighted by molar-refractivity contribution is -0.253. The monoisotopic (exact) mass is 406 g/mol. The molecule has 0 bridgehead atoms. The topological polar surface area (TPSA) is 67.9 Å². The number of amides is 1. The van der Waals surface area contributed by atoms with Gasteiger partial charge in [-0.3, -0.25) is 14.5 Å². The summed E-state index contributed by atoms with van der Waals surface area (Å²) in [5.41, 5.74) is -0.269. The van der Waals surface area contributed by atoms with Gasteiger partial charge in [0.25, 0.3) is 5.91 Å². The molecule has 2 rings (SSSR count). The van der Waals surface area contributed by atoms with E-state index < -0.39 is 24.2 Å². The number of methoxy groups -OCH3 is 1. The van der Waals surface area contributed by atoms with E-state index >= 15 is 0 Å². The average Bonchev–Trinajstić information content (AvgIpc) is 2.99. The van der Waals surface area contributed by atoms with E-state index in [2.05, 4.69) is 14.8 Å². The highest BCUT2D eigenvalue weighted by Gasteiger charge is 2.44. The number of rotatable bonds is 8. The van der Waals surface area contributed by atoms with Gasteiger partial charge in [0.05, 0.1) is 19.1 Å². The van der Waals surface area contributed by atoms with Crippen molar-refractivity contribution < 1.29 is 36.6 Å². The van der Waals surface area contributed by atoms with Crippen LogP contribution < -0.4 is 10.1 Å². The molecule has 0 spiro atoms. The number of halogens is 4. The first-order valence-corrected chi connectivity index (χ1v) is 8.66. The molecule has 6 nitrogen and oxygen atoms in total. The third-order valence-corrected chi connectivity index (χ3v) is 4.75. The fourth-order valence-corrected chi connectivity index (χ4v) is 3.10. The number of para-hydroxylation sites is 1. The van der Waals surface area contributed by atoms with Crippen molar-refractivity contribution in [3.8, 4) is 5.75 Å². The minimum absolute atomic E-state index is 0.0188. The summed E-state index contributed by atoms with van der Waals surface area (Å²) in [6, 6.07) is 4.87. The molecule has 1 saturated heterocycles. The maximum Gasteiger partial charge on any atom is 0.461 e. The molecule has 1 N–H and O–H groups in total. The van der Waals surface area contributed by atoms with Gasteiger partial charge in [-0.2, -0.15) is 17.6 Å². The molecular formula is C18H22F4N2O4. The Hall–Kier alpha value is -2.36. The fraction of sp³-hybridized carbons (Fsp3) is 0.556. The zero-order chi connectivity index (χ0) is 20.9. The lowest BCUT2D eigenvalue weighted by atomic mass is 10.1. The summed E-state index contributed by atoms with van der Waals surface area (Å²) in [7, 11) is 3.13. The van der Waals surface area contributed by atoms with Crippen molar-refractivity contribution in [2.75, 3.05) is 20.7 Å². The van der Waals surface area contributed by atoms with Crippen LogP contribution in [0.5, 0.6) is 5.75 Å². The Labute approximate surface area is 159 Å². The summed E-state index contributed by atoms with van der Waals surface area (Å²) in [5, 5.41) is 2.61. The number of hydrogen-bond donors (Lipinski definition) is 1. The summed E-state index contributed by atoms with van der Waals surface area (Å²) in [6.45, 7) is 0.201.